The van der Waals surface area contributed by atoms with Crippen molar-refractivity contribution < 1.29 is 22.4 Å². The zero-order chi connectivity index (χ0) is 14.2. The molecular weight excluding hydrogens is 523 g/mol. The van der Waals surface area contributed by atoms with Crippen molar-refractivity contribution in [1.82, 2.24) is 0 Å². The van der Waals surface area contributed by atoms with Gasteiger partial charge in [0.05, 0.1) is 0 Å². The van der Waals surface area contributed by atoms with E-state index in [4.69, 9.17) is 0 Å². The first-order chi connectivity index (χ1) is 8.46. The summed E-state index contributed by atoms with van der Waals surface area (Å²) in [6.45, 7) is 0. The van der Waals surface area contributed by atoms with Crippen LogP contribution in [0.25, 0.3) is 0 Å². The minimum Gasteiger partial charge on any atom is 2.00 e. The second kappa shape index (κ2) is 22.6. The Kier molecular flexibility index (Phi) is 31.2. The van der Waals surface area contributed by atoms with Gasteiger partial charge in [0.25, 0.3) is 0 Å². The molecule has 0 atom stereocenters. The van der Waals surface area contributed by atoms with Crippen molar-refractivity contribution >= 4 is 39.5 Å². The van der Waals surface area contributed by atoms with Crippen LogP contribution in [0, 0.1) is 0 Å². The van der Waals surface area contributed by atoms with Crippen LogP contribution in [0.5, 0.6) is 0 Å². The second-order valence-corrected chi connectivity index (χ2v) is 23.7. The van der Waals surface area contributed by atoms with E-state index in [0.29, 0.717) is 0 Å². The Morgan fingerprint density at radius 3 is 0.474 bits per heavy atom. The Morgan fingerprint density at radius 1 is 0.368 bits per heavy atom. The third-order valence-electron chi connectivity index (χ3n) is 2.50. The smallest absolute Gasteiger partial charge is 2.00 e. The summed E-state index contributed by atoms with van der Waals surface area (Å²) < 4.78 is 0. The van der Waals surface area contributed by atoms with E-state index in [1.807, 2.05) is 0 Å². The molecule has 0 amide bonds. The van der Waals surface area contributed by atoms with Crippen LogP contribution < -0.4 is 0 Å². The summed E-state index contributed by atoms with van der Waals surface area (Å²) in [5.74, 6) is 0. The molecule has 113 valence electrons. The second-order valence-electron chi connectivity index (χ2n) is 6.54. The Balaban J connectivity index is -0.000000178. The molecule has 2 rings (SSSR count). The van der Waals surface area contributed by atoms with E-state index in [2.05, 4.69) is 29.6 Å². The van der Waals surface area contributed by atoms with Gasteiger partial charge in [-0.25, -0.2) is 0 Å². The quantitative estimate of drug-likeness (QED) is 0.292. The zero-order valence-corrected chi connectivity index (χ0v) is 22.4. The van der Waals surface area contributed by atoms with Crippen molar-refractivity contribution in [3.05, 3.63) is 0 Å². The van der Waals surface area contributed by atoms with Crippen LogP contribution in [0.1, 0.15) is 64.2 Å². The van der Waals surface area contributed by atoms with Crippen LogP contribution in [-0.2, 0) is 22.4 Å². The maximum Gasteiger partial charge on any atom is 2.00 e. The summed E-state index contributed by atoms with van der Waals surface area (Å²) in [5, 5.41) is 0. The normalized spacial score (nSPS) is 16.4. The Bertz CT molecular complexity index is 94.0. The number of rotatable bonds is 0. The third kappa shape index (κ3) is 44.9. The molecule has 0 aromatic rings. The van der Waals surface area contributed by atoms with Gasteiger partial charge in [0.15, 0.2) is 0 Å². The van der Waals surface area contributed by atoms with Gasteiger partial charge in [-0.3, -0.25) is 0 Å². The Labute approximate surface area is 154 Å². The molecule has 2 aliphatic rings. The average molecular weight is 561 g/mol. The molecule has 3 radical (unpaired) electrons. The van der Waals surface area contributed by atoms with E-state index in [-0.39, 0.29) is 22.4 Å². The van der Waals surface area contributed by atoms with Crippen molar-refractivity contribution in [1.29, 1.82) is 0 Å². The van der Waals surface area contributed by atoms with Crippen molar-refractivity contribution in [3.8, 4) is 0 Å². The summed E-state index contributed by atoms with van der Waals surface area (Å²) in [4.78, 5) is 14.2. The summed E-state index contributed by atoms with van der Waals surface area (Å²) in [6.07, 6.45) is 15.0. The summed E-state index contributed by atoms with van der Waals surface area (Å²) in [5.41, 5.74) is 0. The van der Waals surface area contributed by atoms with Crippen molar-refractivity contribution in [2.45, 2.75) is 93.8 Å². The van der Waals surface area contributed by atoms with E-state index >= 15 is 0 Å². The average Bonchev–Trinajstić information content (AvgIpc) is 2.96. The molecular formula is C16H38NbSn2+2. The van der Waals surface area contributed by atoms with Gasteiger partial charge in [0.1, 0.15) is 0 Å². The molecule has 0 aliphatic heterocycles. The van der Waals surface area contributed by atoms with Crippen LogP contribution in [0.3, 0.4) is 0 Å². The molecule has 0 unspecified atom stereocenters. The summed E-state index contributed by atoms with van der Waals surface area (Å²) in [6, 6.07) is 0. The standard InChI is InChI=1S/2C5H10.6CH3.Nb.2Sn/c2*1-2-4-5-3-1;;;;;;;;;/h2*1-5H2;6*1H3;;;/q;;;;;;;;+2;;. The fourth-order valence-electron chi connectivity index (χ4n) is 1.77. The van der Waals surface area contributed by atoms with Crippen molar-refractivity contribution in [3.63, 3.8) is 0 Å². The molecule has 0 N–H and O–H groups in total. The van der Waals surface area contributed by atoms with Gasteiger partial charge in [0, 0.05) is 0 Å². The fraction of sp³-hybridized carbons (Fsp3) is 1.00. The van der Waals surface area contributed by atoms with Gasteiger partial charge >= 0.3 is 91.5 Å². The first kappa shape index (κ1) is 26.2. The van der Waals surface area contributed by atoms with Gasteiger partial charge < -0.3 is 0 Å². The minimum absolute atomic E-state index is 0. The van der Waals surface area contributed by atoms with Crippen LogP contribution in [0.4, 0.5) is 0 Å². The van der Waals surface area contributed by atoms with Gasteiger partial charge in [-0.15, -0.1) is 0 Å². The van der Waals surface area contributed by atoms with Crippen molar-refractivity contribution in [2.75, 3.05) is 0 Å². The Morgan fingerprint density at radius 2 is 0.421 bits per heavy atom. The summed E-state index contributed by atoms with van der Waals surface area (Å²) >= 11 is -1.09. The molecule has 0 nitrogen and oxygen atoms in total. The maximum absolute atomic E-state index is 2.36. The molecule has 19 heavy (non-hydrogen) atoms. The van der Waals surface area contributed by atoms with E-state index in [1.165, 1.54) is 64.2 Å². The SMILES string of the molecule is C1CCCC1.C1CCCC1.[CH3][Sn]([CH3])[CH3].[CH3][Sn]([CH3])[CH3].[Nb+2]. The van der Waals surface area contributed by atoms with E-state index in [9.17, 15) is 0 Å². The van der Waals surface area contributed by atoms with Gasteiger partial charge in [-0.2, -0.15) is 0 Å². The molecule has 2 saturated carbocycles. The monoisotopic (exact) mass is 563 g/mol. The summed E-state index contributed by atoms with van der Waals surface area (Å²) in [7, 11) is 0. The minimum atomic E-state index is -0.543. The van der Waals surface area contributed by atoms with E-state index in [0.717, 1.165) is 0 Å². The first-order valence-corrected chi connectivity index (χ1v) is 25.1. The zero-order valence-electron chi connectivity index (χ0n) is 14.5. The van der Waals surface area contributed by atoms with Gasteiger partial charge in [0.2, 0.25) is 0 Å². The molecule has 0 aromatic heterocycles. The molecule has 0 aromatic carbocycles. The van der Waals surface area contributed by atoms with Crippen LogP contribution in [0.15, 0.2) is 0 Å². The number of hydrogen-bond acceptors (Lipinski definition) is 0. The predicted molar refractivity (Wildman–Crippen MR) is 92.9 cm³/mol. The first-order valence-electron chi connectivity index (χ1n) is 8.00. The molecule has 2 fully saturated rings. The topological polar surface area (TPSA) is 0 Å². The largest absolute Gasteiger partial charge is 2.00 e. The van der Waals surface area contributed by atoms with Crippen LogP contribution in [0.2, 0.25) is 29.6 Å². The van der Waals surface area contributed by atoms with E-state index < -0.39 is 39.5 Å². The van der Waals surface area contributed by atoms with Gasteiger partial charge in [-0.05, 0) is 0 Å². The molecule has 0 bridgehead atoms. The molecule has 2 aliphatic carbocycles. The predicted octanol–water partition coefficient (Wildman–Crippen LogP) is 6.64. The molecule has 3 heteroatoms. The molecule has 0 spiro atoms. The van der Waals surface area contributed by atoms with Crippen LogP contribution in [-0.4, -0.2) is 39.5 Å². The fourth-order valence-corrected chi connectivity index (χ4v) is 1.77. The van der Waals surface area contributed by atoms with Crippen molar-refractivity contribution in [2.24, 2.45) is 0 Å². The maximum atomic E-state index is 2.36. The van der Waals surface area contributed by atoms with E-state index in [1.54, 1.807) is 0 Å². The number of hydrogen-bond donors (Lipinski definition) is 0. The van der Waals surface area contributed by atoms with Gasteiger partial charge in [-0.1, -0.05) is 64.2 Å². The third-order valence-corrected chi connectivity index (χ3v) is 2.50. The molecule has 0 saturated heterocycles. The van der Waals surface area contributed by atoms with Crippen LogP contribution >= 0.6 is 0 Å². The Hall–Kier alpha value is 2.34. The molecule has 0 heterocycles.